The van der Waals surface area contributed by atoms with E-state index >= 15 is 0 Å². The van der Waals surface area contributed by atoms with Crippen LogP contribution >= 0.6 is 0 Å². The minimum atomic E-state index is -0.444. The zero-order chi connectivity index (χ0) is 15.8. The number of pyridine rings is 1. The predicted octanol–water partition coefficient (Wildman–Crippen LogP) is 2.97. The second-order valence-electron chi connectivity index (χ2n) is 4.74. The van der Waals surface area contributed by atoms with Gasteiger partial charge in [-0.1, -0.05) is 18.2 Å². The SMILES string of the molecule is O=C(CCC(=O)c1ccccn1)OCCc1cccc(F)c1. The summed E-state index contributed by atoms with van der Waals surface area (Å²) in [6.07, 6.45) is 2.05. The van der Waals surface area contributed by atoms with Gasteiger partial charge in [0.25, 0.3) is 0 Å². The van der Waals surface area contributed by atoms with Crippen LogP contribution in [-0.2, 0) is 16.0 Å². The van der Waals surface area contributed by atoms with Crippen LogP contribution in [0.5, 0.6) is 0 Å². The fraction of sp³-hybridized carbons (Fsp3) is 0.235. The minimum Gasteiger partial charge on any atom is -0.465 e. The van der Waals surface area contributed by atoms with Gasteiger partial charge < -0.3 is 4.74 Å². The molecule has 2 rings (SSSR count). The van der Waals surface area contributed by atoms with Gasteiger partial charge in [-0.3, -0.25) is 14.6 Å². The highest BCUT2D eigenvalue weighted by molar-refractivity contribution is 5.95. The Hall–Kier alpha value is -2.56. The first-order chi connectivity index (χ1) is 10.6. The highest BCUT2D eigenvalue weighted by atomic mass is 19.1. The molecule has 0 unspecified atom stereocenters. The van der Waals surface area contributed by atoms with Gasteiger partial charge in [0, 0.05) is 19.0 Å². The summed E-state index contributed by atoms with van der Waals surface area (Å²) in [5, 5.41) is 0. The summed E-state index contributed by atoms with van der Waals surface area (Å²) in [5.74, 6) is -0.951. The summed E-state index contributed by atoms with van der Waals surface area (Å²) < 4.78 is 18.0. The monoisotopic (exact) mass is 301 g/mol. The number of halogens is 1. The van der Waals surface area contributed by atoms with E-state index in [0.29, 0.717) is 12.1 Å². The van der Waals surface area contributed by atoms with Crippen molar-refractivity contribution < 1.29 is 18.7 Å². The number of rotatable bonds is 7. The average Bonchev–Trinajstić information content (AvgIpc) is 2.53. The van der Waals surface area contributed by atoms with Crippen molar-refractivity contribution in [2.75, 3.05) is 6.61 Å². The van der Waals surface area contributed by atoms with Crippen LogP contribution in [0.3, 0.4) is 0 Å². The van der Waals surface area contributed by atoms with Crippen molar-refractivity contribution >= 4 is 11.8 Å². The maximum atomic E-state index is 13.0. The molecule has 0 atom stereocenters. The lowest BCUT2D eigenvalue weighted by Gasteiger charge is -2.05. The number of benzene rings is 1. The maximum absolute atomic E-state index is 13.0. The number of esters is 1. The van der Waals surface area contributed by atoms with Gasteiger partial charge in [0.05, 0.1) is 13.0 Å². The van der Waals surface area contributed by atoms with E-state index in [2.05, 4.69) is 4.98 Å². The van der Waals surface area contributed by atoms with Crippen molar-refractivity contribution in [1.29, 1.82) is 0 Å². The summed E-state index contributed by atoms with van der Waals surface area (Å²) in [6.45, 7) is 0.167. The predicted molar refractivity (Wildman–Crippen MR) is 78.9 cm³/mol. The Morgan fingerprint density at radius 1 is 1.09 bits per heavy atom. The summed E-state index contributed by atoms with van der Waals surface area (Å²) in [6, 6.07) is 11.2. The van der Waals surface area contributed by atoms with E-state index in [1.54, 1.807) is 30.3 Å². The van der Waals surface area contributed by atoms with E-state index in [1.165, 1.54) is 18.3 Å². The summed E-state index contributed by atoms with van der Waals surface area (Å²) >= 11 is 0. The van der Waals surface area contributed by atoms with Crippen LogP contribution < -0.4 is 0 Å². The number of nitrogens with zero attached hydrogens (tertiary/aromatic N) is 1. The number of carbonyl (C=O) groups is 2. The van der Waals surface area contributed by atoms with Crippen molar-refractivity contribution in [3.8, 4) is 0 Å². The van der Waals surface area contributed by atoms with Gasteiger partial charge in [-0.05, 0) is 29.8 Å². The van der Waals surface area contributed by atoms with Crippen LogP contribution in [0.2, 0.25) is 0 Å². The molecule has 0 saturated heterocycles. The van der Waals surface area contributed by atoms with Crippen molar-refractivity contribution in [3.05, 3.63) is 65.7 Å². The van der Waals surface area contributed by atoms with E-state index in [4.69, 9.17) is 4.74 Å². The molecule has 0 amide bonds. The van der Waals surface area contributed by atoms with Gasteiger partial charge in [-0.2, -0.15) is 0 Å². The smallest absolute Gasteiger partial charge is 0.306 e. The molecule has 0 aliphatic rings. The van der Waals surface area contributed by atoms with Crippen molar-refractivity contribution in [3.63, 3.8) is 0 Å². The van der Waals surface area contributed by atoms with Gasteiger partial charge in [0.1, 0.15) is 11.5 Å². The van der Waals surface area contributed by atoms with Crippen LogP contribution in [0.15, 0.2) is 48.7 Å². The molecule has 0 aliphatic carbocycles. The Morgan fingerprint density at radius 2 is 1.95 bits per heavy atom. The van der Waals surface area contributed by atoms with Crippen LogP contribution in [0.25, 0.3) is 0 Å². The molecule has 1 aromatic carbocycles. The lowest BCUT2D eigenvalue weighted by molar-refractivity contribution is -0.143. The second-order valence-corrected chi connectivity index (χ2v) is 4.74. The number of hydrogen-bond acceptors (Lipinski definition) is 4. The number of carbonyl (C=O) groups excluding carboxylic acids is 2. The number of hydrogen-bond donors (Lipinski definition) is 0. The van der Waals surface area contributed by atoms with E-state index < -0.39 is 5.97 Å². The van der Waals surface area contributed by atoms with Crippen LogP contribution in [0.4, 0.5) is 4.39 Å². The lowest BCUT2D eigenvalue weighted by atomic mass is 10.1. The first-order valence-corrected chi connectivity index (χ1v) is 6.99. The van der Waals surface area contributed by atoms with E-state index in [-0.39, 0.29) is 31.0 Å². The normalized spacial score (nSPS) is 10.2. The van der Waals surface area contributed by atoms with Gasteiger partial charge in [-0.25, -0.2) is 4.39 Å². The number of aromatic nitrogens is 1. The Morgan fingerprint density at radius 3 is 2.68 bits per heavy atom. The molecule has 4 nitrogen and oxygen atoms in total. The zero-order valence-electron chi connectivity index (χ0n) is 12.0. The molecular formula is C17H16FNO3. The number of ether oxygens (including phenoxy) is 1. The van der Waals surface area contributed by atoms with E-state index in [9.17, 15) is 14.0 Å². The third kappa shape index (κ3) is 5.09. The highest BCUT2D eigenvalue weighted by Crippen LogP contribution is 2.06. The van der Waals surface area contributed by atoms with Crippen molar-refractivity contribution in [2.45, 2.75) is 19.3 Å². The molecule has 0 saturated carbocycles. The highest BCUT2D eigenvalue weighted by Gasteiger charge is 2.10. The second kappa shape index (κ2) is 8.02. The van der Waals surface area contributed by atoms with Gasteiger partial charge >= 0.3 is 5.97 Å². The summed E-state index contributed by atoms with van der Waals surface area (Å²) in [4.78, 5) is 27.3. The fourth-order valence-corrected chi connectivity index (χ4v) is 1.92. The molecule has 0 radical (unpaired) electrons. The quantitative estimate of drug-likeness (QED) is 0.583. The molecule has 0 bridgehead atoms. The molecular weight excluding hydrogens is 285 g/mol. The molecule has 0 spiro atoms. The molecule has 5 heteroatoms. The molecule has 0 fully saturated rings. The lowest BCUT2D eigenvalue weighted by Crippen LogP contribution is -2.11. The van der Waals surface area contributed by atoms with Crippen molar-refractivity contribution in [1.82, 2.24) is 4.98 Å². The molecule has 22 heavy (non-hydrogen) atoms. The first-order valence-electron chi connectivity index (χ1n) is 6.99. The van der Waals surface area contributed by atoms with Gasteiger partial charge in [0.2, 0.25) is 0 Å². The molecule has 0 N–H and O–H groups in total. The Kier molecular flexibility index (Phi) is 5.77. The largest absolute Gasteiger partial charge is 0.465 e. The molecule has 2 aromatic rings. The van der Waals surface area contributed by atoms with Crippen LogP contribution in [-0.4, -0.2) is 23.3 Å². The first kappa shape index (κ1) is 15.8. The average molecular weight is 301 g/mol. The van der Waals surface area contributed by atoms with E-state index in [0.717, 1.165) is 5.56 Å². The number of Topliss-reactive ketones (excluding diaryl/α,β-unsaturated/α-hetero) is 1. The molecule has 1 aromatic heterocycles. The third-order valence-corrected chi connectivity index (χ3v) is 3.05. The fourth-order valence-electron chi connectivity index (χ4n) is 1.92. The Labute approximate surface area is 127 Å². The molecule has 1 heterocycles. The van der Waals surface area contributed by atoms with Crippen molar-refractivity contribution in [2.24, 2.45) is 0 Å². The minimum absolute atomic E-state index is 0.0125. The number of ketones is 1. The van der Waals surface area contributed by atoms with Crippen LogP contribution in [0.1, 0.15) is 28.9 Å². The zero-order valence-corrected chi connectivity index (χ0v) is 12.0. The van der Waals surface area contributed by atoms with Gasteiger partial charge in [-0.15, -0.1) is 0 Å². The standard InChI is InChI=1S/C17H16FNO3/c18-14-5-3-4-13(12-14)9-11-22-17(21)8-7-16(20)15-6-1-2-10-19-15/h1-6,10,12H,7-9,11H2. The summed E-state index contributed by atoms with van der Waals surface area (Å²) in [7, 11) is 0. The summed E-state index contributed by atoms with van der Waals surface area (Å²) in [5.41, 5.74) is 1.10. The topological polar surface area (TPSA) is 56.3 Å². The van der Waals surface area contributed by atoms with Gasteiger partial charge in [0.15, 0.2) is 5.78 Å². The molecule has 0 aliphatic heterocycles. The Balaban J connectivity index is 1.69. The third-order valence-electron chi connectivity index (χ3n) is 3.05. The molecule has 114 valence electrons. The van der Waals surface area contributed by atoms with Crippen LogP contribution in [0, 0.1) is 5.82 Å². The maximum Gasteiger partial charge on any atom is 0.306 e. The Bertz CT molecular complexity index is 643. The van der Waals surface area contributed by atoms with E-state index in [1.807, 2.05) is 0 Å².